The summed E-state index contributed by atoms with van der Waals surface area (Å²) in [6, 6.07) is 6.17. The quantitative estimate of drug-likeness (QED) is 0.785. The number of rotatable bonds is 4. The van der Waals surface area contributed by atoms with Crippen molar-refractivity contribution in [3.05, 3.63) is 51.9 Å². The lowest BCUT2D eigenvalue weighted by atomic mass is 10.0. The highest BCUT2D eigenvalue weighted by molar-refractivity contribution is 7.11. The monoisotopic (exact) mass is 341 g/mol. The Morgan fingerprint density at radius 1 is 1.08 bits per heavy atom. The minimum absolute atomic E-state index is 0.271. The molecule has 1 aliphatic carbocycles. The molecular formula is C17H16FN5S. The van der Waals surface area contributed by atoms with E-state index in [0.717, 1.165) is 23.4 Å². The number of fused-ring (bicyclic) bond motifs is 1. The Balaban J connectivity index is 1.48. The van der Waals surface area contributed by atoms with Crippen molar-refractivity contribution >= 4 is 17.3 Å². The molecule has 2 aromatic heterocycles. The molecule has 0 aliphatic heterocycles. The molecule has 0 unspecified atom stereocenters. The maximum absolute atomic E-state index is 13.0. The van der Waals surface area contributed by atoms with Crippen LogP contribution >= 0.6 is 11.3 Å². The van der Waals surface area contributed by atoms with Gasteiger partial charge < -0.3 is 5.32 Å². The van der Waals surface area contributed by atoms with Crippen LogP contribution in [-0.2, 0) is 19.4 Å². The van der Waals surface area contributed by atoms with Crippen LogP contribution < -0.4 is 5.32 Å². The van der Waals surface area contributed by atoms with E-state index in [-0.39, 0.29) is 5.82 Å². The van der Waals surface area contributed by atoms with Crippen LogP contribution in [0, 0.1) is 5.82 Å². The molecule has 24 heavy (non-hydrogen) atoms. The lowest BCUT2D eigenvalue weighted by Gasteiger charge is -2.06. The van der Waals surface area contributed by atoms with Gasteiger partial charge in [0.05, 0.1) is 24.1 Å². The molecule has 0 saturated carbocycles. The molecule has 1 N–H and O–H groups in total. The summed E-state index contributed by atoms with van der Waals surface area (Å²) in [5.41, 5.74) is 2.71. The second kappa shape index (κ2) is 6.60. The van der Waals surface area contributed by atoms with E-state index in [0.29, 0.717) is 18.2 Å². The predicted molar refractivity (Wildman–Crippen MR) is 91.3 cm³/mol. The number of halogens is 1. The Hall–Kier alpha value is -2.41. The molecule has 0 saturated heterocycles. The Labute approximate surface area is 143 Å². The van der Waals surface area contributed by atoms with Crippen molar-refractivity contribution in [3.63, 3.8) is 0 Å². The average Bonchev–Trinajstić information content (AvgIpc) is 3.04. The number of hydrogen-bond donors (Lipinski definition) is 1. The molecule has 0 bridgehead atoms. The fourth-order valence-electron chi connectivity index (χ4n) is 2.77. The van der Waals surface area contributed by atoms with E-state index in [1.54, 1.807) is 29.7 Å². The summed E-state index contributed by atoms with van der Waals surface area (Å²) in [7, 11) is 0. The standard InChI is InChI=1S/C17H16FN5S/c18-12-7-5-11(6-8-12)14-9-20-23-17(22-14)19-10-16-21-13-3-1-2-4-15(13)24-16/h5-9H,1-4,10H2,(H,19,22,23). The van der Waals surface area contributed by atoms with Gasteiger partial charge in [0.2, 0.25) is 5.95 Å². The van der Waals surface area contributed by atoms with Gasteiger partial charge in [-0.2, -0.15) is 5.10 Å². The largest absolute Gasteiger partial charge is 0.346 e. The summed E-state index contributed by atoms with van der Waals surface area (Å²) in [5, 5.41) is 12.2. The van der Waals surface area contributed by atoms with Gasteiger partial charge in [0.1, 0.15) is 10.8 Å². The van der Waals surface area contributed by atoms with Crippen LogP contribution in [-0.4, -0.2) is 20.2 Å². The molecule has 0 atom stereocenters. The molecule has 3 aromatic rings. The number of thiazole rings is 1. The number of benzene rings is 1. The smallest absolute Gasteiger partial charge is 0.243 e. The van der Waals surface area contributed by atoms with Gasteiger partial charge in [0, 0.05) is 10.4 Å². The fraction of sp³-hybridized carbons (Fsp3) is 0.294. The number of hydrogen-bond acceptors (Lipinski definition) is 6. The van der Waals surface area contributed by atoms with Gasteiger partial charge in [-0.3, -0.25) is 0 Å². The first-order valence-corrected chi connectivity index (χ1v) is 8.76. The highest BCUT2D eigenvalue weighted by Crippen LogP contribution is 2.27. The highest BCUT2D eigenvalue weighted by Gasteiger charge is 2.15. The van der Waals surface area contributed by atoms with E-state index in [4.69, 9.17) is 4.98 Å². The number of aromatic nitrogens is 4. The van der Waals surface area contributed by atoms with E-state index in [1.165, 1.54) is 35.5 Å². The molecule has 2 heterocycles. The van der Waals surface area contributed by atoms with Gasteiger partial charge in [0.25, 0.3) is 0 Å². The zero-order valence-electron chi connectivity index (χ0n) is 13.0. The van der Waals surface area contributed by atoms with Gasteiger partial charge in [0.15, 0.2) is 0 Å². The van der Waals surface area contributed by atoms with E-state index in [2.05, 4.69) is 20.5 Å². The van der Waals surface area contributed by atoms with Gasteiger partial charge in [-0.1, -0.05) is 0 Å². The van der Waals surface area contributed by atoms with E-state index < -0.39 is 0 Å². The van der Waals surface area contributed by atoms with Gasteiger partial charge >= 0.3 is 0 Å². The molecule has 4 rings (SSSR count). The van der Waals surface area contributed by atoms with Crippen LogP contribution in [0.1, 0.15) is 28.4 Å². The lowest BCUT2D eigenvalue weighted by Crippen LogP contribution is -2.05. The molecular weight excluding hydrogens is 325 g/mol. The second-order valence-electron chi connectivity index (χ2n) is 5.71. The predicted octanol–water partition coefficient (Wildman–Crippen LogP) is 3.63. The minimum Gasteiger partial charge on any atom is -0.346 e. The number of anilines is 1. The molecule has 122 valence electrons. The van der Waals surface area contributed by atoms with Gasteiger partial charge in [-0.05, 0) is 49.9 Å². The molecule has 0 amide bonds. The van der Waals surface area contributed by atoms with E-state index >= 15 is 0 Å². The Morgan fingerprint density at radius 2 is 1.92 bits per heavy atom. The molecule has 1 aliphatic rings. The summed E-state index contributed by atoms with van der Waals surface area (Å²) in [6.07, 6.45) is 6.29. The number of nitrogens with one attached hydrogen (secondary N) is 1. The van der Waals surface area contributed by atoms with Crippen LogP contribution in [0.25, 0.3) is 11.3 Å². The third kappa shape index (κ3) is 3.26. The fourth-order valence-corrected chi connectivity index (χ4v) is 3.87. The first kappa shape index (κ1) is 15.1. The summed E-state index contributed by atoms with van der Waals surface area (Å²) < 4.78 is 13.0. The Kier molecular flexibility index (Phi) is 4.17. The third-order valence-corrected chi connectivity index (χ3v) is 5.14. The van der Waals surface area contributed by atoms with Crippen LogP contribution in [0.4, 0.5) is 10.3 Å². The first-order chi connectivity index (χ1) is 11.8. The highest BCUT2D eigenvalue weighted by atomic mass is 32.1. The summed E-state index contributed by atoms with van der Waals surface area (Å²) in [4.78, 5) is 10.5. The van der Waals surface area contributed by atoms with E-state index in [1.807, 2.05) is 0 Å². The topological polar surface area (TPSA) is 63.6 Å². The van der Waals surface area contributed by atoms with E-state index in [9.17, 15) is 4.39 Å². The summed E-state index contributed by atoms with van der Waals surface area (Å²) in [5.74, 6) is 0.178. The van der Waals surface area contributed by atoms with Crippen LogP contribution in [0.15, 0.2) is 30.5 Å². The lowest BCUT2D eigenvalue weighted by molar-refractivity contribution is 0.628. The van der Waals surface area contributed by atoms with Gasteiger partial charge in [-0.15, -0.1) is 16.4 Å². The van der Waals surface area contributed by atoms with Crippen LogP contribution in [0.5, 0.6) is 0 Å². The summed E-state index contributed by atoms with van der Waals surface area (Å²) >= 11 is 1.77. The number of aryl methyl sites for hydroxylation is 2. The van der Waals surface area contributed by atoms with Crippen LogP contribution in [0.2, 0.25) is 0 Å². The van der Waals surface area contributed by atoms with Gasteiger partial charge in [-0.25, -0.2) is 14.4 Å². The van der Waals surface area contributed by atoms with Crippen molar-refractivity contribution in [1.82, 2.24) is 20.2 Å². The van der Waals surface area contributed by atoms with Crippen molar-refractivity contribution in [2.75, 3.05) is 5.32 Å². The van der Waals surface area contributed by atoms with Crippen molar-refractivity contribution in [3.8, 4) is 11.3 Å². The van der Waals surface area contributed by atoms with Crippen molar-refractivity contribution in [2.45, 2.75) is 32.2 Å². The normalized spacial score (nSPS) is 13.5. The molecule has 5 nitrogen and oxygen atoms in total. The molecule has 7 heteroatoms. The molecule has 1 aromatic carbocycles. The first-order valence-electron chi connectivity index (χ1n) is 7.95. The SMILES string of the molecule is Fc1ccc(-c2cnnc(NCc3nc4c(s3)CCCC4)n2)cc1. The minimum atomic E-state index is -0.271. The molecule has 0 radical (unpaired) electrons. The second-order valence-corrected chi connectivity index (χ2v) is 6.88. The number of nitrogens with zero attached hydrogens (tertiary/aromatic N) is 4. The van der Waals surface area contributed by atoms with Crippen molar-refractivity contribution < 1.29 is 4.39 Å². The molecule has 0 spiro atoms. The zero-order valence-corrected chi connectivity index (χ0v) is 13.8. The Bertz CT molecular complexity index is 823. The third-order valence-electron chi connectivity index (χ3n) is 3.99. The summed E-state index contributed by atoms with van der Waals surface area (Å²) in [6.45, 7) is 0.590. The van der Waals surface area contributed by atoms with Crippen molar-refractivity contribution in [2.24, 2.45) is 0 Å². The zero-order chi connectivity index (χ0) is 16.4. The Morgan fingerprint density at radius 3 is 2.75 bits per heavy atom. The average molecular weight is 341 g/mol. The maximum Gasteiger partial charge on any atom is 0.243 e. The van der Waals surface area contributed by atoms with Crippen molar-refractivity contribution in [1.29, 1.82) is 0 Å². The molecule has 0 fully saturated rings. The van der Waals surface area contributed by atoms with Crippen LogP contribution in [0.3, 0.4) is 0 Å². The maximum atomic E-state index is 13.0.